The van der Waals surface area contributed by atoms with Gasteiger partial charge < -0.3 is 34.5 Å². The number of hydrogen-bond acceptors (Lipinski definition) is 9. The maximum absolute atomic E-state index is 12.6. The molecule has 164 valence electrons. The standard InChI is InChI=1S/C21H25N5O5/c1-29-15-10-12(11-16(30-2)18(15)31-3)23-19-17-14(4-7-22-20(17)28)24-21(25-19)26-8-5-13(27)6-9-26/h4,7,10-11,13,27H,5-6,8-9H2,1-3H3,(H,22,28)(H,23,24,25). The molecule has 3 heterocycles. The van der Waals surface area contributed by atoms with E-state index in [1.807, 2.05) is 4.90 Å². The smallest absolute Gasteiger partial charge is 0.261 e. The van der Waals surface area contributed by atoms with Crippen LogP contribution in [-0.4, -0.2) is 60.6 Å². The van der Waals surface area contributed by atoms with Crippen LogP contribution in [0.2, 0.25) is 0 Å². The van der Waals surface area contributed by atoms with E-state index in [0.717, 1.165) is 0 Å². The first-order chi connectivity index (χ1) is 15.0. The summed E-state index contributed by atoms with van der Waals surface area (Å²) in [6.07, 6.45) is 2.54. The fourth-order valence-electron chi connectivity index (χ4n) is 3.67. The molecule has 0 saturated carbocycles. The van der Waals surface area contributed by atoms with Crippen molar-refractivity contribution in [3.8, 4) is 17.2 Å². The second kappa shape index (κ2) is 8.68. The fourth-order valence-corrected chi connectivity index (χ4v) is 3.67. The predicted molar refractivity (Wildman–Crippen MR) is 117 cm³/mol. The number of aliphatic hydroxyl groups is 1. The number of rotatable bonds is 6. The molecule has 3 aromatic rings. The average molecular weight is 427 g/mol. The van der Waals surface area contributed by atoms with Crippen molar-refractivity contribution in [3.63, 3.8) is 0 Å². The minimum atomic E-state index is -0.309. The van der Waals surface area contributed by atoms with E-state index in [1.54, 1.807) is 24.4 Å². The number of piperidine rings is 1. The van der Waals surface area contributed by atoms with E-state index in [9.17, 15) is 9.90 Å². The number of nitrogens with zero attached hydrogens (tertiary/aromatic N) is 3. The molecule has 1 aliphatic heterocycles. The number of hydrogen-bond donors (Lipinski definition) is 3. The first-order valence-electron chi connectivity index (χ1n) is 9.93. The average Bonchev–Trinajstić information content (AvgIpc) is 2.78. The SMILES string of the molecule is COc1cc(Nc2nc(N3CCC(O)CC3)nc3cc[nH]c(=O)c23)cc(OC)c1OC. The lowest BCUT2D eigenvalue weighted by Gasteiger charge is -2.30. The number of anilines is 3. The molecule has 0 radical (unpaired) electrons. The lowest BCUT2D eigenvalue weighted by atomic mass is 10.1. The molecule has 3 N–H and O–H groups in total. The molecule has 10 heteroatoms. The molecule has 0 atom stereocenters. The van der Waals surface area contributed by atoms with Crippen LogP contribution in [0.4, 0.5) is 17.5 Å². The first kappa shape index (κ1) is 20.7. The Morgan fingerprint density at radius 3 is 2.39 bits per heavy atom. The third-order valence-corrected chi connectivity index (χ3v) is 5.28. The molecule has 0 unspecified atom stereocenters. The van der Waals surface area contributed by atoms with E-state index in [4.69, 9.17) is 14.2 Å². The van der Waals surface area contributed by atoms with Gasteiger partial charge >= 0.3 is 0 Å². The van der Waals surface area contributed by atoms with Gasteiger partial charge in [-0.25, -0.2) is 4.98 Å². The van der Waals surface area contributed by atoms with Crippen molar-refractivity contribution in [3.05, 3.63) is 34.7 Å². The summed E-state index contributed by atoms with van der Waals surface area (Å²) in [5.74, 6) is 2.28. The van der Waals surface area contributed by atoms with Gasteiger partial charge in [-0.2, -0.15) is 4.98 Å². The molecule has 0 aliphatic carbocycles. The number of fused-ring (bicyclic) bond motifs is 1. The molecule has 0 bridgehead atoms. The van der Waals surface area contributed by atoms with Crippen molar-refractivity contribution in [2.45, 2.75) is 18.9 Å². The highest BCUT2D eigenvalue weighted by Gasteiger charge is 2.22. The molecule has 1 fully saturated rings. The van der Waals surface area contributed by atoms with Crippen molar-refractivity contribution >= 4 is 28.4 Å². The van der Waals surface area contributed by atoms with Gasteiger partial charge in [0.25, 0.3) is 5.56 Å². The van der Waals surface area contributed by atoms with Crippen molar-refractivity contribution in [2.24, 2.45) is 0 Å². The Bertz CT molecular complexity index is 1120. The molecule has 31 heavy (non-hydrogen) atoms. The summed E-state index contributed by atoms with van der Waals surface area (Å²) >= 11 is 0. The summed E-state index contributed by atoms with van der Waals surface area (Å²) in [6, 6.07) is 5.22. The summed E-state index contributed by atoms with van der Waals surface area (Å²) in [5, 5.41) is 13.4. The Balaban J connectivity index is 1.80. The van der Waals surface area contributed by atoms with E-state index in [-0.39, 0.29) is 11.7 Å². The number of aliphatic hydroxyl groups excluding tert-OH is 1. The van der Waals surface area contributed by atoms with Gasteiger partial charge in [-0.05, 0) is 18.9 Å². The molecular formula is C21H25N5O5. The number of benzene rings is 1. The number of aromatic nitrogens is 3. The minimum absolute atomic E-state index is 0.298. The maximum Gasteiger partial charge on any atom is 0.261 e. The number of H-pyrrole nitrogens is 1. The van der Waals surface area contributed by atoms with Gasteiger partial charge in [0.05, 0.1) is 33.0 Å². The number of methoxy groups -OCH3 is 3. The van der Waals surface area contributed by atoms with Crippen molar-refractivity contribution < 1.29 is 19.3 Å². The largest absolute Gasteiger partial charge is 0.493 e. The maximum atomic E-state index is 12.6. The van der Waals surface area contributed by atoms with E-state index >= 15 is 0 Å². The van der Waals surface area contributed by atoms with E-state index in [2.05, 4.69) is 20.3 Å². The van der Waals surface area contributed by atoms with Gasteiger partial charge in [-0.1, -0.05) is 0 Å². The third kappa shape index (κ3) is 4.06. The first-order valence-corrected chi connectivity index (χ1v) is 9.93. The normalized spacial score (nSPS) is 14.5. The molecule has 0 amide bonds. The van der Waals surface area contributed by atoms with Crippen LogP contribution in [0.15, 0.2) is 29.2 Å². The Morgan fingerprint density at radius 1 is 1.10 bits per heavy atom. The minimum Gasteiger partial charge on any atom is -0.493 e. The van der Waals surface area contributed by atoms with Gasteiger partial charge in [0.1, 0.15) is 11.2 Å². The fraction of sp³-hybridized carbons (Fsp3) is 0.381. The van der Waals surface area contributed by atoms with E-state index < -0.39 is 0 Å². The van der Waals surface area contributed by atoms with Crippen molar-refractivity contribution in [1.82, 2.24) is 15.0 Å². The Morgan fingerprint density at radius 2 is 1.77 bits per heavy atom. The van der Waals surface area contributed by atoms with Crippen LogP contribution >= 0.6 is 0 Å². The summed E-state index contributed by atoms with van der Waals surface area (Å²) in [6.45, 7) is 1.28. The monoisotopic (exact) mass is 427 g/mol. The quantitative estimate of drug-likeness (QED) is 0.542. The lowest BCUT2D eigenvalue weighted by Crippen LogP contribution is -2.37. The van der Waals surface area contributed by atoms with E-state index in [1.165, 1.54) is 21.3 Å². The zero-order valence-corrected chi connectivity index (χ0v) is 17.6. The summed E-state index contributed by atoms with van der Waals surface area (Å²) in [4.78, 5) is 26.5. The second-order valence-corrected chi connectivity index (χ2v) is 7.20. The van der Waals surface area contributed by atoms with Gasteiger partial charge in [0.2, 0.25) is 11.7 Å². The highest BCUT2D eigenvalue weighted by Crippen LogP contribution is 2.41. The molecule has 2 aromatic heterocycles. The van der Waals surface area contributed by atoms with Crippen LogP contribution in [0.1, 0.15) is 12.8 Å². The molecule has 1 aliphatic rings. The van der Waals surface area contributed by atoms with Gasteiger partial charge in [0, 0.05) is 37.1 Å². The predicted octanol–water partition coefficient (Wildman–Crippen LogP) is 2.05. The molecule has 4 rings (SSSR count). The van der Waals surface area contributed by atoms with Crippen molar-refractivity contribution in [2.75, 3.05) is 44.6 Å². The number of nitrogens with one attached hydrogen (secondary N) is 2. The zero-order valence-electron chi connectivity index (χ0n) is 17.6. The van der Waals surface area contributed by atoms with Crippen LogP contribution in [-0.2, 0) is 0 Å². The number of pyridine rings is 1. The second-order valence-electron chi connectivity index (χ2n) is 7.20. The summed E-state index contributed by atoms with van der Waals surface area (Å²) < 4.78 is 16.2. The number of aromatic amines is 1. The zero-order chi connectivity index (χ0) is 22.0. The Kier molecular flexibility index (Phi) is 5.81. The molecule has 10 nitrogen and oxygen atoms in total. The molecule has 0 spiro atoms. The van der Waals surface area contributed by atoms with E-state index in [0.29, 0.717) is 71.5 Å². The molecule has 1 aromatic carbocycles. The van der Waals surface area contributed by atoms with Gasteiger partial charge in [0.15, 0.2) is 11.5 Å². The van der Waals surface area contributed by atoms with Crippen molar-refractivity contribution in [1.29, 1.82) is 0 Å². The molecule has 1 saturated heterocycles. The molecular weight excluding hydrogens is 402 g/mol. The van der Waals surface area contributed by atoms with Gasteiger partial charge in [-0.3, -0.25) is 4.79 Å². The lowest BCUT2D eigenvalue weighted by molar-refractivity contribution is 0.145. The topological polar surface area (TPSA) is 122 Å². The van der Waals surface area contributed by atoms with Gasteiger partial charge in [-0.15, -0.1) is 0 Å². The third-order valence-electron chi connectivity index (χ3n) is 5.28. The van der Waals surface area contributed by atoms with Crippen LogP contribution in [0.5, 0.6) is 17.2 Å². The highest BCUT2D eigenvalue weighted by molar-refractivity contribution is 5.91. The number of ether oxygens (including phenoxy) is 3. The van der Waals surface area contributed by atoms with Crippen LogP contribution in [0.3, 0.4) is 0 Å². The van der Waals surface area contributed by atoms with Crippen LogP contribution < -0.4 is 30.0 Å². The summed E-state index contributed by atoms with van der Waals surface area (Å²) in [5.41, 5.74) is 0.834. The highest BCUT2D eigenvalue weighted by atomic mass is 16.5. The van der Waals surface area contributed by atoms with Crippen LogP contribution in [0, 0.1) is 0 Å². The Labute approximate surface area is 178 Å². The van der Waals surface area contributed by atoms with Crippen LogP contribution in [0.25, 0.3) is 10.9 Å². The Hall–Kier alpha value is -3.53. The summed E-state index contributed by atoms with van der Waals surface area (Å²) in [7, 11) is 4.61.